The fourth-order valence-corrected chi connectivity index (χ4v) is 1.21. The molecule has 0 saturated carbocycles. The molecule has 1 unspecified atom stereocenters. The van der Waals surface area contributed by atoms with Crippen molar-refractivity contribution in [3.8, 4) is 0 Å². The molecule has 4 heteroatoms. The van der Waals surface area contributed by atoms with Crippen LogP contribution in [0.2, 0.25) is 0 Å². The van der Waals surface area contributed by atoms with Gasteiger partial charge in [0.25, 0.3) is 0 Å². The third kappa shape index (κ3) is 2.32. The molecule has 3 N–H and O–H groups in total. The summed E-state index contributed by atoms with van der Waals surface area (Å²) >= 11 is 0. The van der Waals surface area contributed by atoms with Gasteiger partial charge in [-0.05, 0) is 25.5 Å². The monoisotopic (exact) mass is 183 g/mol. The Morgan fingerprint density at radius 2 is 2.31 bits per heavy atom. The molecule has 0 spiro atoms. The van der Waals surface area contributed by atoms with E-state index >= 15 is 0 Å². The van der Waals surface area contributed by atoms with Gasteiger partial charge >= 0.3 is 5.97 Å². The van der Waals surface area contributed by atoms with Crippen molar-refractivity contribution < 1.29 is 14.3 Å². The smallest absolute Gasteiger partial charge is 0.320 e. The highest BCUT2D eigenvalue weighted by atomic mass is 16.4. The average Bonchev–Trinajstić information content (AvgIpc) is 2.30. The van der Waals surface area contributed by atoms with Gasteiger partial charge in [-0.3, -0.25) is 4.79 Å². The second kappa shape index (κ2) is 3.62. The Labute approximate surface area is 76.3 Å². The standard InChI is InChI=1S/C9H13NO3/c1-5-3-7(6(2)13-5)4-8(10)9(11)12/h3,8H,4,10H2,1-2H3,(H,11,12). The van der Waals surface area contributed by atoms with E-state index in [1.165, 1.54) is 0 Å². The number of furan rings is 1. The van der Waals surface area contributed by atoms with Crippen LogP contribution < -0.4 is 5.73 Å². The molecular formula is C9H13NO3. The second-order valence-corrected chi connectivity index (χ2v) is 3.09. The minimum Gasteiger partial charge on any atom is -0.480 e. The molecule has 1 rings (SSSR count). The van der Waals surface area contributed by atoms with E-state index in [-0.39, 0.29) is 0 Å². The first kappa shape index (κ1) is 9.80. The highest BCUT2D eigenvalue weighted by Crippen LogP contribution is 2.14. The number of carboxylic acid groups (broad SMARTS) is 1. The van der Waals surface area contributed by atoms with Crippen LogP contribution >= 0.6 is 0 Å². The minimum atomic E-state index is -0.988. The van der Waals surface area contributed by atoms with Crippen LogP contribution in [0.25, 0.3) is 0 Å². The summed E-state index contributed by atoms with van der Waals surface area (Å²) in [7, 11) is 0. The molecule has 1 heterocycles. The lowest BCUT2D eigenvalue weighted by Gasteiger charge is -2.03. The predicted octanol–water partition coefficient (Wildman–Crippen LogP) is 0.851. The van der Waals surface area contributed by atoms with Gasteiger partial charge in [0.1, 0.15) is 17.6 Å². The average molecular weight is 183 g/mol. The summed E-state index contributed by atoms with van der Waals surface area (Å²) in [5, 5.41) is 8.59. The van der Waals surface area contributed by atoms with Gasteiger partial charge in [-0.15, -0.1) is 0 Å². The van der Waals surface area contributed by atoms with Gasteiger partial charge in [0.2, 0.25) is 0 Å². The van der Waals surface area contributed by atoms with E-state index in [1.807, 2.05) is 13.0 Å². The second-order valence-electron chi connectivity index (χ2n) is 3.09. The zero-order valence-corrected chi connectivity index (χ0v) is 7.70. The Kier molecular flexibility index (Phi) is 2.72. The van der Waals surface area contributed by atoms with E-state index in [0.29, 0.717) is 6.42 Å². The number of aryl methyl sites for hydroxylation is 2. The molecule has 13 heavy (non-hydrogen) atoms. The van der Waals surface area contributed by atoms with Crippen molar-refractivity contribution in [2.24, 2.45) is 5.73 Å². The van der Waals surface area contributed by atoms with Crippen LogP contribution in [-0.2, 0) is 11.2 Å². The molecule has 0 aliphatic rings. The van der Waals surface area contributed by atoms with E-state index in [0.717, 1.165) is 17.1 Å². The third-order valence-electron chi connectivity index (χ3n) is 1.90. The Bertz CT molecular complexity index is 317. The Hall–Kier alpha value is -1.29. The molecule has 0 fully saturated rings. The van der Waals surface area contributed by atoms with Crippen LogP contribution in [0.5, 0.6) is 0 Å². The van der Waals surface area contributed by atoms with Gasteiger partial charge in [0.05, 0.1) is 0 Å². The largest absolute Gasteiger partial charge is 0.480 e. The molecule has 4 nitrogen and oxygen atoms in total. The zero-order valence-electron chi connectivity index (χ0n) is 7.70. The molecule has 1 aromatic heterocycles. The van der Waals surface area contributed by atoms with Crippen molar-refractivity contribution in [3.05, 3.63) is 23.2 Å². The normalized spacial score (nSPS) is 12.8. The summed E-state index contributed by atoms with van der Waals surface area (Å²) in [5.41, 5.74) is 6.25. The summed E-state index contributed by atoms with van der Waals surface area (Å²) in [6.45, 7) is 3.62. The lowest BCUT2D eigenvalue weighted by molar-refractivity contribution is -0.138. The van der Waals surface area contributed by atoms with Crippen LogP contribution in [0.3, 0.4) is 0 Å². The highest BCUT2D eigenvalue weighted by molar-refractivity contribution is 5.73. The van der Waals surface area contributed by atoms with Gasteiger partial charge in [-0.1, -0.05) is 0 Å². The van der Waals surface area contributed by atoms with E-state index < -0.39 is 12.0 Å². The van der Waals surface area contributed by atoms with Crippen LogP contribution in [0.15, 0.2) is 10.5 Å². The number of aliphatic carboxylic acids is 1. The maximum absolute atomic E-state index is 10.5. The number of hydrogen-bond donors (Lipinski definition) is 2. The first-order chi connectivity index (χ1) is 6.00. The van der Waals surface area contributed by atoms with E-state index in [1.54, 1.807) is 6.92 Å². The number of carbonyl (C=O) groups is 1. The molecule has 0 bridgehead atoms. The molecule has 1 atom stereocenters. The van der Waals surface area contributed by atoms with Gasteiger partial charge in [-0.25, -0.2) is 0 Å². The molecule has 0 amide bonds. The molecule has 0 radical (unpaired) electrons. The summed E-state index contributed by atoms with van der Waals surface area (Å²) in [6.07, 6.45) is 0.318. The lowest BCUT2D eigenvalue weighted by Crippen LogP contribution is -2.32. The molecule has 1 aromatic rings. The number of hydrogen-bond acceptors (Lipinski definition) is 3. The van der Waals surface area contributed by atoms with Crippen molar-refractivity contribution in [2.75, 3.05) is 0 Å². The summed E-state index contributed by atoms with van der Waals surface area (Å²) in [4.78, 5) is 10.5. The van der Waals surface area contributed by atoms with Gasteiger partial charge in [0, 0.05) is 6.42 Å². The van der Waals surface area contributed by atoms with Crippen molar-refractivity contribution >= 4 is 5.97 Å². The van der Waals surface area contributed by atoms with Gasteiger partial charge < -0.3 is 15.3 Å². The molecule has 0 saturated heterocycles. The molecule has 0 aromatic carbocycles. The first-order valence-electron chi connectivity index (χ1n) is 4.05. The lowest BCUT2D eigenvalue weighted by atomic mass is 10.1. The van der Waals surface area contributed by atoms with E-state index in [4.69, 9.17) is 15.3 Å². The number of rotatable bonds is 3. The minimum absolute atomic E-state index is 0.318. The van der Waals surface area contributed by atoms with Crippen molar-refractivity contribution in [3.63, 3.8) is 0 Å². The van der Waals surface area contributed by atoms with Crippen LogP contribution in [-0.4, -0.2) is 17.1 Å². The molecular weight excluding hydrogens is 170 g/mol. The molecule has 72 valence electrons. The Morgan fingerprint density at radius 3 is 2.69 bits per heavy atom. The maximum atomic E-state index is 10.5. The summed E-state index contributed by atoms with van der Waals surface area (Å²) < 4.78 is 5.25. The fraction of sp³-hybridized carbons (Fsp3) is 0.444. The van der Waals surface area contributed by atoms with Gasteiger partial charge in [-0.2, -0.15) is 0 Å². The molecule has 0 aliphatic heterocycles. The van der Waals surface area contributed by atoms with Gasteiger partial charge in [0.15, 0.2) is 0 Å². The summed E-state index contributed by atoms with van der Waals surface area (Å²) in [6, 6.07) is 0.966. The van der Waals surface area contributed by atoms with Crippen LogP contribution in [0.1, 0.15) is 17.1 Å². The highest BCUT2D eigenvalue weighted by Gasteiger charge is 2.15. The topological polar surface area (TPSA) is 76.5 Å². The van der Waals surface area contributed by atoms with E-state index in [9.17, 15) is 4.79 Å². The van der Waals surface area contributed by atoms with Crippen LogP contribution in [0.4, 0.5) is 0 Å². The number of nitrogens with two attached hydrogens (primary N) is 1. The van der Waals surface area contributed by atoms with Crippen molar-refractivity contribution in [1.29, 1.82) is 0 Å². The zero-order chi connectivity index (χ0) is 10.0. The fourth-order valence-electron chi connectivity index (χ4n) is 1.21. The SMILES string of the molecule is Cc1cc(CC(N)C(=O)O)c(C)o1. The van der Waals surface area contributed by atoms with Crippen LogP contribution in [0, 0.1) is 13.8 Å². The van der Waals surface area contributed by atoms with E-state index in [2.05, 4.69) is 0 Å². The first-order valence-corrected chi connectivity index (χ1v) is 4.05. The number of carboxylic acids is 1. The summed E-state index contributed by atoms with van der Waals surface area (Å²) in [5.74, 6) is 0.539. The van der Waals surface area contributed by atoms with Crippen molar-refractivity contribution in [2.45, 2.75) is 26.3 Å². The maximum Gasteiger partial charge on any atom is 0.320 e. The van der Waals surface area contributed by atoms with Crippen molar-refractivity contribution in [1.82, 2.24) is 0 Å². The Morgan fingerprint density at radius 1 is 1.69 bits per heavy atom. The quantitative estimate of drug-likeness (QED) is 0.728. The third-order valence-corrected chi connectivity index (χ3v) is 1.90. The Balaban J connectivity index is 2.74. The molecule has 0 aliphatic carbocycles. The predicted molar refractivity (Wildman–Crippen MR) is 47.5 cm³/mol.